The molecule has 3 heteroatoms. The number of hydrogen-bond donors (Lipinski definition) is 1. The molecular weight excluding hydrogens is 284 g/mol. The predicted octanol–water partition coefficient (Wildman–Crippen LogP) is 3.57. The van der Waals surface area contributed by atoms with Crippen molar-refractivity contribution in [2.75, 3.05) is 27.2 Å². The summed E-state index contributed by atoms with van der Waals surface area (Å²) in [5, 5.41) is 10.3. The number of benzene rings is 2. The summed E-state index contributed by atoms with van der Waals surface area (Å²) >= 11 is 0. The second kappa shape index (κ2) is 8.14. The van der Waals surface area contributed by atoms with Gasteiger partial charge in [-0.3, -0.25) is 4.90 Å². The first-order valence-electron chi connectivity index (χ1n) is 8.16. The number of phenolic OH excluding ortho intramolecular Hbond substituents is 1. The number of rotatable bonds is 7. The molecule has 0 atom stereocenters. The summed E-state index contributed by atoms with van der Waals surface area (Å²) in [4.78, 5) is 4.60. The zero-order valence-electron chi connectivity index (χ0n) is 14.7. The highest BCUT2D eigenvalue weighted by Crippen LogP contribution is 2.23. The molecule has 0 aromatic heterocycles. The van der Waals surface area contributed by atoms with E-state index in [0.717, 1.165) is 37.3 Å². The van der Waals surface area contributed by atoms with Gasteiger partial charge in [-0.1, -0.05) is 42.5 Å². The van der Waals surface area contributed by atoms with Crippen LogP contribution in [0.1, 0.15) is 22.3 Å². The van der Waals surface area contributed by atoms with Gasteiger partial charge in [-0.25, -0.2) is 0 Å². The lowest BCUT2D eigenvalue weighted by Gasteiger charge is -2.25. The van der Waals surface area contributed by atoms with Gasteiger partial charge >= 0.3 is 0 Å². The van der Waals surface area contributed by atoms with Crippen molar-refractivity contribution in [1.29, 1.82) is 0 Å². The van der Waals surface area contributed by atoms with Crippen LogP contribution in [-0.2, 0) is 13.1 Å². The van der Waals surface area contributed by atoms with Crippen molar-refractivity contribution in [3.05, 3.63) is 64.7 Å². The minimum absolute atomic E-state index is 0.423. The van der Waals surface area contributed by atoms with E-state index in [1.807, 2.05) is 25.1 Å². The average Bonchev–Trinajstić information content (AvgIpc) is 2.51. The molecule has 3 nitrogen and oxygen atoms in total. The van der Waals surface area contributed by atoms with Crippen molar-refractivity contribution in [1.82, 2.24) is 9.80 Å². The van der Waals surface area contributed by atoms with Gasteiger partial charge < -0.3 is 10.0 Å². The molecule has 2 rings (SSSR count). The molecule has 0 saturated carbocycles. The number of nitrogens with zero attached hydrogens (tertiary/aromatic N) is 2. The molecule has 0 heterocycles. The van der Waals surface area contributed by atoms with Crippen LogP contribution >= 0.6 is 0 Å². The van der Waals surface area contributed by atoms with Crippen molar-refractivity contribution in [3.8, 4) is 5.75 Å². The topological polar surface area (TPSA) is 26.7 Å². The summed E-state index contributed by atoms with van der Waals surface area (Å²) in [5.74, 6) is 0.423. The molecule has 0 fully saturated rings. The number of aromatic hydroxyl groups is 1. The summed E-state index contributed by atoms with van der Waals surface area (Å²) in [6.45, 7) is 7.73. The highest BCUT2D eigenvalue weighted by Gasteiger charge is 2.12. The van der Waals surface area contributed by atoms with Gasteiger partial charge in [0.25, 0.3) is 0 Å². The first kappa shape index (κ1) is 17.5. The standard InChI is InChI=1S/C20H28N2O/c1-16-8-5-6-10-18(16)14-22(13-12-21(3)4)15-19-11-7-9-17(2)20(19)23/h5-11,23H,12-15H2,1-4H3. The third-order valence-corrected chi connectivity index (χ3v) is 4.23. The molecule has 0 aliphatic heterocycles. The molecule has 0 saturated heterocycles. The normalized spacial score (nSPS) is 11.4. The van der Waals surface area contributed by atoms with Gasteiger partial charge in [0, 0.05) is 31.7 Å². The zero-order valence-corrected chi connectivity index (χ0v) is 14.7. The van der Waals surface area contributed by atoms with E-state index in [2.05, 4.69) is 55.1 Å². The van der Waals surface area contributed by atoms with Gasteiger partial charge in [0.2, 0.25) is 0 Å². The van der Waals surface area contributed by atoms with Gasteiger partial charge in [-0.2, -0.15) is 0 Å². The Morgan fingerprint density at radius 1 is 0.783 bits per heavy atom. The Morgan fingerprint density at radius 2 is 1.39 bits per heavy atom. The number of phenols is 1. The van der Waals surface area contributed by atoms with Gasteiger partial charge in [0.05, 0.1) is 0 Å². The first-order valence-corrected chi connectivity index (χ1v) is 8.16. The lowest BCUT2D eigenvalue weighted by molar-refractivity contribution is 0.223. The molecule has 2 aromatic carbocycles. The molecule has 0 spiro atoms. The van der Waals surface area contributed by atoms with Gasteiger partial charge in [0.1, 0.15) is 5.75 Å². The smallest absolute Gasteiger partial charge is 0.122 e. The average molecular weight is 312 g/mol. The molecule has 2 aromatic rings. The second-order valence-electron chi connectivity index (χ2n) is 6.52. The van der Waals surface area contributed by atoms with Crippen molar-refractivity contribution in [3.63, 3.8) is 0 Å². The predicted molar refractivity (Wildman–Crippen MR) is 96.7 cm³/mol. The van der Waals surface area contributed by atoms with E-state index >= 15 is 0 Å². The number of likely N-dealkylation sites (N-methyl/N-ethyl adjacent to an activating group) is 1. The van der Waals surface area contributed by atoms with Crippen LogP contribution in [0.5, 0.6) is 5.75 Å². The lowest BCUT2D eigenvalue weighted by Crippen LogP contribution is -2.31. The van der Waals surface area contributed by atoms with Crippen LogP contribution in [0.2, 0.25) is 0 Å². The molecule has 0 aliphatic carbocycles. The van der Waals surface area contributed by atoms with Gasteiger partial charge in [0.15, 0.2) is 0 Å². The quantitative estimate of drug-likeness (QED) is 0.846. The Labute approximate surface area is 140 Å². The molecule has 0 aliphatic rings. The van der Waals surface area contributed by atoms with E-state index in [0.29, 0.717) is 5.75 Å². The van der Waals surface area contributed by atoms with Gasteiger partial charge in [-0.15, -0.1) is 0 Å². The van der Waals surface area contributed by atoms with E-state index in [9.17, 15) is 5.11 Å². The van der Waals surface area contributed by atoms with Crippen LogP contribution in [-0.4, -0.2) is 42.1 Å². The first-order chi connectivity index (χ1) is 11.0. The number of aryl methyl sites for hydroxylation is 2. The van der Waals surface area contributed by atoms with E-state index in [1.165, 1.54) is 11.1 Å². The summed E-state index contributed by atoms with van der Waals surface area (Å²) in [6, 6.07) is 14.5. The third kappa shape index (κ3) is 5.08. The van der Waals surface area contributed by atoms with Crippen LogP contribution in [0.25, 0.3) is 0 Å². The molecular formula is C20H28N2O. The Balaban J connectivity index is 2.16. The van der Waals surface area contributed by atoms with Crippen molar-refractivity contribution < 1.29 is 5.11 Å². The molecule has 0 bridgehead atoms. The van der Waals surface area contributed by atoms with E-state index < -0.39 is 0 Å². The Morgan fingerprint density at radius 3 is 2.09 bits per heavy atom. The second-order valence-corrected chi connectivity index (χ2v) is 6.52. The monoisotopic (exact) mass is 312 g/mol. The van der Waals surface area contributed by atoms with E-state index in [-0.39, 0.29) is 0 Å². The summed E-state index contributed by atoms with van der Waals surface area (Å²) in [7, 11) is 4.19. The van der Waals surface area contributed by atoms with Crippen LogP contribution in [0.3, 0.4) is 0 Å². The van der Waals surface area contributed by atoms with Crippen LogP contribution in [0.4, 0.5) is 0 Å². The van der Waals surface area contributed by atoms with Crippen LogP contribution < -0.4 is 0 Å². The zero-order chi connectivity index (χ0) is 16.8. The minimum Gasteiger partial charge on any atom is -0.507 e. The van der Waals surface area contributed by atoms with Crippen molar-refractivity contribution in [2.45, 2.75) is 26.9 Å². The maximum Gasteiger partial charge on any atom is 0.122 e. The van der Waals surface area contributed by atoms with Crippen LogP contribution in [0, 0.1) is 13.8 Å². The van der Waals surface area contributed by atoms with Crippen molar-refractivity contribution in [2.24, 2.45) is 0 Å². The summed E-state index contributed by atoms with van der Waals surface area (Å²) < 4.78 is 0. The lowest BCUT2D eigenvalue weighted by atomic mass is 10.1. The number of para-hydroxylation sites is 1. The molecule has 0 radical (unpaired) electrons. The highest BCUT2D eigenvalue weighted by molar-refractivity contribution is 5.39. The fourth-order valence-electron chi connectivity index (χ4n) is 2.67. The maximum atomic E-state index is 10.3. The maximum absolute atomic E-state index is 10.3. The van der Waals surface area contributed by atoms with E-state index in [4.69, 9.17) is 0 Å². The largest absolute Gasteiger partial charge is 0.507 e. The fraction of sp³-hybridized carbons (Fsp3) is 0.400. The molecule has 124 valence electrons. The number of hydrogen-bond acceptors (Lipinski definition) is 3. The molecule has 0 amide bonds. The minimum atomic E-state index is 0.423. The van der Waals surface area contributed by atoms with Crippen LogP contribution in [0.15, 0.2) is 42.5 Å². The highest BCUT2D eigenvalue weighted by atomic mass is 16.3. The summed E-state index contributed by atoms with van der Waals surface area (Å²) in [6.07, 6.45) is 0. The van der Waals surface area contributed by atoms with Crippen molar-refractivity contribution >= 4 is 0 Å². The fourth-order valence-corrected chi connectivity index (χ4v) is 2.67. The SMILES string of the molecule is Cc1ccccc1CN(CCN(C)C)Cc1cccc(C)c1O. The molecule has 1 N–H and O–H groups in total. The third-order valence-electron chi connectivity index (χ3n) is 4.23. The Hall–Kier alpha value is -1.84. The molecule has 23 heavy (non-hydrogen) atoms. The Bertz CT molecular complexity index is 637. The van der Waals surface area contributed by atoms with E-state index in [1.54, 1.807) is 0 Å². The molecule has 0 unspecified atom stereocenters. The Kier molecular flexibility index (Phi) is 6.20. The summed E-state index contributed by atoms with van der Waals surface area (Å²) in [5.41, 5.74) is 4.59. The van der Waals surface area contributed by atoms with Gasteiger partial charge in [-0.05, 0) is 44.6 Å².